The molecule has 0 saturated carbocycles. The normalized spacial score (nSPS) is 17.0. The second-order valence-corrected chi connectivity index (χ2v) is 5.51. The van der Waals surface area contributed by atoms with Gasteiger partial charge in [-0.15, -0.1) is 0 Å². The predicted octanol–water partition coefficient (Wildman–Crippen LogP) is 1.61. The van der Waals surface area contributed by atoms with Crippen molar-refractivity contribution in [2.75, 3.05) is 19.8 Å². The van der Waals surface area contributed by atoms with E-state index in [1.165, 1.54) is 12.1 Å². The van der Waals surface area contributed by atoms with Gasteiger partial charge in [0.05, 0.1) is 12.3 Å². The summed E-state index contributed by atoms with van der Waals surface area (Å²) < 4.78 is 18.3. The van der Waals surface area contributed by atoms with Gasteiger partial charge in [-0.25, -0.2) is 4.39 Å². The van der Waals surface area contributed by atoms with E-state index in [-0.39, 0.29) is 24.8 Å². The second-order valence-electron chi connectivity index (χ2n) is 5.51. The van der Waals surface area contributed by atoms with Crippen molar-refractivity contribution >= 4 is 11.9 Å². The zero-order valence-corrected chi connectivity index (χ0v) is 12.3. The Bertz CT molecular complexity index is 529. The molecule has 6 heteroatoms. The highest BCUT2D eigenvalue weighted by Crippen LogP contribution is 2.23. The SMILES string of the molecule is O=C(Cc1cccc(F)c1)NCC(C(=O)O)C1CCOCC1. The van der Waals surface area contributed by atoms with Gasteiger partial charge in [-0.1, -0.05) is 12.1 Å². The van der Waals surface area contributed by atoms with Crippen molar-refractivity contribution in [2.24, 2.45) is 11.8 Å². The number of carbonyl (C=O) groups excluding carboxylic acids is 1. The zero-order chi connectivity index (χ0) is 15.9. The van der Waals surface area contributed by atoms with Crippen LogP contribution in [0.3, 0.4) is 0 Å². The first-order chi connectivity index (χ1) is 10.6. The molecule has 1 fully saturated rings. The molecular formula is C16H20FNO4. The summed E-state index contributed by atoms with van der Waals surface area (Å²) >= 11 is 0. The van der Waals surface area contributed by atoms with Gasteiger partial charge in [-0.2, -0.15) is 0 Å². The Morgan fingerprint density at radius 1 is 1.36 bits per heavy atom. The quantitative estimate of drug-likeness (QED) is 0.837. The van der Waals surface area contributed by atoms with Gasteiger partial charge in [0.2, 0.25) is 5.91 Å². The maximum Gasteiger partial charge on any atom is 0.308 e. The number of amides is 1. The molecule has 0 aliphatic carbocycles. The molecule has 1 aliphatic rings. The minimum absolute atomic E-state index is 0.0146. The Kier molecular flexibility index (Phi) is 5.89. The van der Waals surface area contributed by atoms with Crippen LogP contribution < -0.4 is 5.32 Å². The smallest absolute Gasteiger partial charge is 0.308 e. The molecule has 0 radical (unpaired) electrons. The summed E-state index contributed by atoms with van der Waals surface area (Å²) in [4.78, 5) is 23.3. The van der Waals surface area contributed by atoms with Crippen LogP contribution in [0.2, 0.25) is 0 Å². The number of hydrogen-bond acceptors (Lipinski definition) is 3. The van der Waals surface area contributed by atoms with E-state index in [4.69, 9.17) is 4.74 Å². The lowest BCUT2D eigenvalue weighted by Gasteiger charge is -2.27. The van der Waals surface area contributed by atoms with Gasteiger partial charge in [0.15, 0.2) is 0 Å². The van der Waals surface area contributed by atoms with Crippen LogP contribution in [0.5, 0.6) is 0 Å². The molecule has 1 aromatic carbocycles. The molecule has 2 N–H and O–H groups in total. The van der Waals surface area contributed by atoms with E-state index in [1.807, 2.05) is 0 Å². The van der Waals surface area contributed by atoms with Crippen LogP contribution in [0.1, 0.15) is 18.4 Å². The van der Waals surface area contributed by atoms with Gasteiger partial charge in [0, 0.05) is 19.8 Å². The molecule has 1 heterocycles. The van der Waals surface area contributed by atoms with Crippen LogP contribution in [0.25, 0.3) is 0 Å². The van der Waals surface area contributed by atoms with Gasteiger partial charge in [0.1, 0.15) is 5.82 Å². The van der Waals surface area contributed by atoms with Gasteiger partial charge in [0.25, 0.3) is 0 Å². The van der Waals surface area contributed by atoms with Crippen LogP contribution in [-0.2, 0) is 20.7 Å². The zero-order valence-electron chi connectivity index (χ0n) is 12.3. The van der Waals surface area contributed by atoms with E-state index < -0.39 is 17.7 Å². The van der Waals surface area contributed by atoms with Gasteiger partial charge >= 0.3 is 5.97 Å². The lowest BCUT2D eigenvalue weighted by atomic mass is 9.86. The second kappa shape index (κ2) is 7.89. The third-order valence-corrected chi connectivity index (χ3v) is 3.93. The molecule has 1 unspecified atom stereocenters. The predicted molar refractivity (Wildman–Crippen MR) is 77.8 cm³/mol. The van der Waals surface area contributed by atoms with Crippen molar-refractivity contribution in [3.63, 3.8) is 0 Å². The van der Waals surface area contributed by atoms with E-state index >= 15 is 0 Å². The van der Waals surface area contributed by atoms with Crippen molar-refractivity contribution in [3.05, 3.63) is 35.6 Å². The molecule has 1 atom stereocenters. The molecule has 22 heavy (non-hydrogen) atoms. The Morgan fingerprint density at radius 3 is 2.73 bits per heavy atom. The fourth-order valence-electron chi connectivity index (χ4n) is 2.69. The molecule has 1 aromatic rings. The minimum atomic E-state index is -0.905. The number of halogens is 1. The van der Waals surface area contributed by atoms with Crippen molar-refractivity contribution < 1.29 is 23.8 Å². The highest BCUT2D eigenvalue weighted by molar-refractivity contribution is 5.79. The first-order valence-electron chi connectivity index (χ1n) is 7.38. The molecule has 1 amide bonds. The molecular weight excluding hydrogens is 289 g/mol. The summed E-state index contributed by atoms with van der Waals surface area (Å²) in [7, 11) is 0. The molecule has 1 aliphatic heterocycles. The Morgan fingerprint density at radius 2 is 2.09 bits per heavy atom. The summed E-state index contributed by atoms with van der Waals surface area (Å²) in [5, 5.41) is 12.0. The maximum absolute atomic E-state index is 13.1. The largest absolute Gasteiger partial charge is 0.481 e. The van der Waals surface area contributed by atoms with E-state index in [1.54, 1.807) is 12.1 Å². The summed E-state index contributed by atoms with van der Waals surface area (Å²) in [6, 6.07) is 5.82. The fourth-order valence-corrected chi connectivity index (χ4v) is 2.69. The number of benzene rings is 1. The standard InChI is InChI=1S/C16H20FNO4/c17-13-3-1-2-11(8-13)9-15(19)18-10-14(16(20)21)12-4-6-22-7-5-12/h1-3,8,12,14H,4-7,9-10H2,(H,18,19)(H,20,21). The highest BCUT2D eigenvalue weighted by atomic mass is 19.1. The van der Waals surface area contributed by atoms with E-state index in [9.17, 15) is 19.1 Å². The van der Waals surface area contributed by atoms with Crippen molar-refractivity contribution in [1.29, 1.82) is 0 Å². The first kappa shape index (κ1) is 16.4. The average molecular weight is 309 g/mol. The summed E-state index contributed by atoms with van der Waals surface area (Å²) in [5.41, 5.74) is 0.565. The van der Waals surface area contributed by atoms with Gasteiger partial charge in [-0.05, 0) is 36.5 Å². The van der Waals surface area contributed by atoms with Gasteiger partial charge in [-0.3, -0.25) is 9.59 Å². The van der Waals surface area contributed by atoms with Gasteiger partial charge < -0.3 is 15.2 Å². The van der Waals surface area contributed by atoms with Crippen molar-refractivity contribution in [2.45, 2.75) is 19.3 Å². The number of hydrogen-bond donors (Lipinski definition) is 2. The molecule has 0 bridgehead atoms. The Hall–Kier alpha value is -1.95. The molecule has 120 valence electrons. The lowest BCUT2D eigenvalue weighted by molar-refractivity contribution is -0.144. The van der Waals surface area contributed by atoms with Crippen LogP contribution in [0, 0.1) is 17.7 Å². The maximum atomic E-state index is 13.1. The Balaban J connectivity index is 1.86. The molecule has 1 saturated heterocycles. The van der Waals surface area contributed by atoms with Crippen LogP contribution >= 0.6 is 0 Å². The third kappa shape index (κ3) is 4.80. The summed E-state index contributed by atoms with van der Waals surface area (Å²) in [6.45, 7) is 1.21. The summed E-state index contributed by atoms with van der Waals surface area (Å²) in [6.07, 6.45) is 1.42. The van der Waals surface area contributed by atoms with Crippen molar-refractivity contribution in [1.82, 2.24) is 5.32 Å². The van der Waals surface area contributed by atoms with Crippen molar-refractivity contribution in [3.8, 4) is 0 Å². The highest BCUT2D eigenvalue weighted by Gasteiger charge is 2.29. The topological polar surface area (TPSA) is 75.6 Å². The molecule has 0 spiro atoms. The fraction of sp³-hybridized carbons (Fsp3) is 0.500. The number of carboxylic acid groups (broad SMARTS) is 1. The summed E-state index contributed by atoms with van der Waals surface area (Å²) in [5.74, 6) is -2.20. The average Bonchev–Trinajstić information content (AvgIpc) is 2.48. The third-order valence-electron chi connectivity index (χ3n) is 3.93. The number of rotatable bonds is 6. The van der Waals surface area contributed by atoms with Crippen LogP contribution in [-0.4, -0.2) is 36.7 Å². The number of carbonyl (C=O) groups is 2. The Labute approximate surface area is 128 Å². The molecule has 0 aromatic heterocycles. The number of nitrogens with one attached hydrogen (secondary N) is 1. The first-order valence-corrected chi connectivity index (χ1v) is 7.38. The van der Waals surface area contributed by atoms with Crippen LogP contribution in [0.4, 0.5) is 4.39 Å². The number of ether oxygens (including phenoxy) is 1. The van der Waals surface area contributed by atoms with E-state index in [2.05, 4.69) is 5.32 Å². The monoisotopic (exact) mass is 309 g/mol. The minimum Gasteiger partial charge on any atom is -0.481 e. The molecule has 2 rings (SSSR count). The lowest BCUT2D eigenvalue weighted by Crippen LogP contribution is -2.39. The number of aliphatic carboxylic acids is 1. The van der Waals surface area contributed by atoms with Crippen LogP contribution in [0.15, 0.2) is 24.3 Å². The molecule has 5 nitrogen and oxygen atoms in total. The van der Waals surface area contributed by atoms with E-state index in [0.717, 1.165) is 0 Å². The van der Waals surface area contributed by atoms with E-state index in [0.29, 0.717) is 31.6 Å². The number of carboxylic acids is 1.